The van der Waals surface area contributed by atoms with Crippen LogP contribution >= 0.6 is 11.8 Å². The lowest BCUT2D eigenvalue weighted by Crippen LogP contribution is -2.37. The Morgan fingerprint density at radius 2 is 2.10 bits per heavy atom. The zero-order valence-electron chi connectivity index (χ0n) is 12.2. The van der Waals surface area contributed by atoms with Crippen molar-refractivity contribution in [2.45, 2.75) is 39.2 Å². The number of hydrogen-bond donors (Lipinski definition) is 2. The van der Waals surface area contributed by atoms with Gasteiger partial charge in [-0.2, -0.15) is 11.8 Å². The van der Waals surface area contributed by atoms with Gasteiger partial charge in [-0.15, -0.1) is 0 Å². The lowest BCUT2D eigenvalue weighted by Gasteiger charge is -2.22. The lowest BCUT2D eigenvalue weighted by molar-refractivity contribution is 0.0934. The van der Waals surface area contributed by atoms with E-state index in [0.717, 1.165) is 48.8 Å². The minimum absolute atomic E-state index is 0.0261. The minimum atomic E-state index is 0.0261. The maximum absolute atomic E-state index is 12.4. The summed E-state index contributed by atoms with van der Waals surface area (Å²) in [6, 6.07) is 4.06. The second-order valence-corrected chi connectivity index (χ2v) is 6.20. The number of rotatable bonds is 5. The standard InChI is InChI=1S/C15H23N3OS/c1-3-12-9-11(10-14(17-12)16-4-2)15(19)18-13-5-7-20-8-6-13/h9-10,13H,3-8H2,1-2H3,(H,16,17)(H,18,19). The predicted octanol–water partition coefficient (Wildman–Crippen LogP) is 2.70. The van der Waals surface area contributed by atoms with Gasteiger partial charge in [0.1, 0.15) is 5.82 Å². The molecule has 0 saturated carbocycles. The lowest BCUT2D eigenvalue weighted by atomic mass is 10.1. The number of carbonyl (C=O) groups excluding carboxylic acids is 1. The summed E-state index contributed by atoms with van der Waals surface area (Å²) in [6.07, 6.45) is 2.98. The van der Waals surface area contributed by atoms with Gasteiger partial charge in [0.15, 0.2) is 0 Å². The molecule has 0 aromatic carbocycles. The molecule has 5 heteroatoms. The van der Waals surface area contributed by atoms with E-state index in [4.69, 9.17) is 0 Å². The number of nitrogens with one attached hydrogen (secondary N) is 2. The SMILES string of the molecule is CCNc1cc(C(=O)NC2CCSCC2)cc(CC)n1. The van der Waals surface area contributed by atoms with Crippen molar-refractivity contribution in [2.24, 2.45) is 0 Å². The highest BCUT2D eigenvalue weighted by molar-refractivity contribution is 7.99. The van der Waals surface area contributed by atoms with E-state index < -0.39 is 0 Å². The van der Waals surface area contributed by atoms with E-state index in [0.29, 0.717) is 11.6 Å². The number of hydrogen-bond acceptors (Lipinski definition) is 4. The van der Waals surface area contributed by atoms with Crippen molar-refractivity contribution >= 4 is 23.5 Å². The Hall–Kier alpha value is -1.23. The highest BCUT2D eigenvalue weighted by Crippen LogP contribution is 2.18. The molecule has 2 rings (SSSR count). The molecule has 1 aliphatic rings. The van der Waals surface area contributed by atoms with Gasteiger partial charge in [0.05, 0.1) is 0 Å². The van der Waals surface area contributed by atoms with Crippen LogP contribution in [-0.2, 0) is 6.42 Å². The first-order chi connectivity index (χ1) is 9.72. The fourth-order valence-electron chi connectivity index (χ4n) is 2.28. The van der Waals surface area contributed by atoms with Gasteiger partial charge in [0, 0.05) is 23.8 Å². The van der Waals surface area contributed by atoms with Crippen molar-refractivity contribution in [2.75, 3.05) is 23.4 Å². The summed E-state index contributed by atoms with van der Waals surface area (Å²) >= 11 is 1.97. The first-order valence-electron chi connectivity index (χ1n) is 7.36. The molecule has 1 saturated heterocycles. The summed E-state index contributed by atoms with van der Waals surface area (Å²) in [5.41, 5.74) is 1.67. The number of nitrogens with zero attached hydrogens (tertiary/aromatic N) is 1. The molecule has 1 fully saturated rings. The highest BCUT2D eigenvalue weighted by Gasteiger charge is 2.17. The van der Waals surface area contributed by atoms with Crippen LogP contribution in [0.4, 0.5) is 5.82 Å². The third kappa shape index (κ3) is 4.13. The predicted molar refractivity (Wildman–Crippen MR) is 85.6 cm³/mol. The first kappa shape index (κ1) is 15.2. The molecule has 0 atom stereocenters. The fourth-order valence-corrected chi connectivity index (χ4v) is 3.39. The van der Waals surface area contributed by atoms with E-state index in [9.17, 15) is 4.79 Å². The Morgan fingerprint density at radius 3 is 2.75 bits per heavy atom. The van der Waals surface area contributed by atoms with Crippen LogP contribution in [0.15, 0.2) is 12.1 Å². The number of carbonyl (C=O) groups is 1. The Balaban J connectivity index is 2.09. The van der Waals surface area contributed by atoms with Gasteiger partial charge < -0.3 is 10.6 Å². The third-order valence-corrected chi connectivity index (χ3v) is 4.47. The molecular formula is C15H23N3OS. The quantitative estimate of drug-likeness (QED) is 0.876. The van der Waals surface area contributed by atoms with Crippen LogP contribution < -0.4 is 10.6 Å². The van der Waals surface area contributed by atoms with E-state index in [1.54, 1.807) is 0 Å². The van der Waals surface area contributed by atoms with Crippen LogP contribution in [0.5, 0.6) is 0 Å². The molecule has 1 amide bonds. The normalized spacial score (nSPS) is 15.9. The Morgan fingerprint density at radius 1 is 1.35 bits per heavy atom. The third-order valence-electron chi connectivity index (χ3n) is 3.42. The van der Waals surface area contributed by atoms with Crippen molar-refractivity contribution in [1.82, 2.24) is 10.3 Å². The second kappa shape index (κ2) is 7.53. The maximum Gasteiger partial charge on any atom is 0.251 e. The van der Waals surface area contributed by atoms with Crippen molar-refractivity contribution in [1.29, 1.82) is 0 Å². The molecule has 2 heterocycles. The number of pyridine rings is 1. The first-order valence-corrected chi connectivity index (χ1v) is 8.51. The number of thioether (sulfide) groups is 1. The molecule has 1 aromatic rings. The molecular weight excluding hydrogens is 270 g/mol. The van der Waals surface area contributed by atoms with E-state index in [1.165, 1.54) is 0 Å². The van der Waals surface area contributed by atoms with Crippen molar-refractivity contribution in [3.63, 3.8) is 0 Å². The molecule has 0 spiro atoms. The fraction of sp³-hybridized carbons (Fsp3) is 0.600. The van der Waals surface area contributed by atoms with Crippen LogP contribution in [0.2, 0.25) is 0 Å². The van der Waals surface area contributed by atoms with E-state index in [1.807, 2.05) is 30.8 Å². The van der Waals surface area contributed by atoms with E-state index >= 15 is 0 Å². The number of anilines is 1. The molecule has 1 aliphatic heterocycles. The van der Waals surface area contributed by atoms with Gasteiger partial charge in [0.2, 0.25) is 0 Å². The monoisotopic (exact) mass is 293 g/mol. The average molecular weight is 293 g/mol. The topological polar surface area (TPSA) is 54.0 Å². The Kier molecular flexibility index (Phi) is 5.71. The summed E-state index contributed by atoms with van der Waals surface area (Å²) in [5.74, 6) is 3.10. The van der Waals surface area contributed by atoms with Gasteiger partial charge in [0.25, 0.3) is 5.91 Å². The van der Waals surface area contributed by atoms with E-state index in [2.05, 4.69) is 22.5 Å². The molecule has 1 aromatic heterocycles. The second-order valence-electron chi connectivity index (χ2n) is 4.98. The van der Waals surface area contributed by atoms with Gasteiger partial charge in [-0.3, -0.25) is 4.79 Å². The van der Waals surface area contributed by atoms with Crippen LogP contribution in [0.3, 0.4) is 0 Å². The van der Waals surface area contributed by atoms with Gasteiger partial charge in [-0.1, -0.05) is 6.92 Å². The molecule has 0 radical (unpaired) electrons. The molecule has 2 N–H and O–H groups in total. The highest BCUT2D eigenvalue weighted by atomic mass is 32.2. The summed E-state index contributed by atoms with van der Waals surface area (Å²) in [4.78, 5) is 16.8. The van der Waals surface area contributed by atoms with E-state index in [-0.39, 0.29) is 5.91 Å². The smallest absolute Gasteiger partial charge is 0.251 e. The summed E-state index contributed by atoms with van der Waals surface area (Å²) < 4.78 is 0. The molecule has 20 heavy (non-hydrogen) atoms. The van der Waals surface area contributed by atoms with Crippen molar-refractivity contribution in [3.05, 3.63) is 23.4 Å². The maximum atomic E-state index is 12.4. The Bertz CT molecular complexity index is 458. The van der Waals surface area contributed by atoms with Crippen LogP contribution in [0.25, 0.3) is 0 Å². The summed E-state index contributed by atoms with van der Waals surface area (Å²) in [7, 11) is 0. The summed E-state index contributed by atoms with van der Waals surface area (Å²) in [5, 5.41) is 6.33. The Labute approximate surface area is 125 Å². The average Bonchev–Trinajstić information content (AvgIpc) is 2.48. The molecule has 110 valence electrons. The minimum Gasteiger partial charge on any atom is -0.370 e. The van der Waals surface area contributed by atoms with Crippen LogP contribution in [0.1, 0.15) is 42.7 Å². The largest absolute Gasteiger partial charge is 0.370 e. The van der Waals surface area contributed by atoms with Gasteiger partial charge >= 0.3 is 0 Å². The van der Waals surface area contributed by atoms with Gasteiger partial charge in [-0.25, -0.2) is 4.98 Å². The zero-order valence-corrected chi connectivity index (χ0v) is 13.1. The number of aryl methyl sites for hydroxylation is 1. The number of amides is 1. The van der Waals surface area contributed by atoms with Crippen molar-refractivity contribution < 1.29 is 4.79 Å². The zero-order chi connectivity index (χ0) is 14.4. The van der Waals surface area contributed by atoms with Crippen LogP contribution in [0, 0.1) is 0 Å². The van der Waals surface area contributed by atoms with Crippen LogP contribution in [-0.4, -0.2) is 35.0 Å². The van der Waals surface area contributed by atoms with Gasteiger partial charge in [-0.05, 0) is 49.8 Å². The molecule has 4 nitrogen and oxygen atoms in total. The molecule has 0 unspecified atom stereocenters. The molecule has 0 bridgehead atoms. The van der Waals surface area contributed by atoms with Crippen molar-refractivity contribution in [3.8, 4) is 0 Å². The summed E-state index contributed by atoms with van der Waals surface area (Å²) in [6.45, 7) is 4.89. The molecule has 0 aliphatic carbocycles. The number of aromatic nitrogens is 1.